The quantitative estimate of drug-likeness (QED) is 0.788. The number of ether oxygens (including phenoxy) is 1. The van der Waals surface area contributed by atoms with Crippen LogP contribution in [0.4, 0.5) is 0 Å². The topological polar surface area (TPSA) is 46.6 Å². The maximum Gasteiger partial charge on any atom is 0.246 e. The molecule has 1 aromatic rings. The third-order valence-corrected chi connectivity index (χ3v) is 7.13. The molecule has 1 aliphatic heterocycles. The summed E-state index contributed by atoms with van der Waals surface area (Å²) in [5.41, 5.74) is 0. The van der Waals surface area contributed by atoms with Gasteiger partial charge in [-0.1, -0.05) is 18.0 Å². The highest BCUT2D eigenvalue weighted by Gasteiger charge is 2.42. The van der Waals surface area contributed by atoms with Crippen molar-refractivity contribution in [2.24, 2.45) is 11.8 Å². The number of nitrogens with zero attached hydrogens (tertiary/aromatic N) is 1. The largest absolute Gasteiger partial charge is 0.494 e. The van der Waals surface area contributed by atoms with Crippen molar-refractivity contribution in [2.45, 2.75) is 24.2 Å². The Kier molecular flexibility index (Phi) is 4.25. The number of rotatable bonds is 3. The maximum atomic E-state index is 12.9. The molecule has 0 aromatic heterocycles. The molecule has 1 aromatic carbocycles. The summed E-state index contributed by atoms with van der Waals surface area (Å²) in [7, 11) is -2.11. The predicted molar refractivity (Wildman–Crippen MR) is 85.3 cm³/mol. The Hall–Kier alpha value is -0.300. The van der Waals surface area contributed by atoms with E-state index >= 15 is 0 Å². The third kappa shape index (κ3) is 2.71. The van der Waals surface area contributed by atoms with Crippen molar-refractivity contribution in [3.8, 4) is 5.75 Å². The fourth-order valence-electron chi connectivity index (χ4n) is 3.45. The zero-order chi connectivity index (χ0) is 15.2. The smallest absolute Gasteiger partial charge is 0.246 e. The third-order valence-electron chi connectivity index (χ3n) is 4.49. The Morgan fingerprint density at radius 1 is 1.29 bits per heavy atom. The molecule has 2 atom stereocenters. The van der Waals surface area contributed by atoms with Gasteiger partial charge in [0.1, 0.15) is 4.90 Å². The molecule has 1 saturated heterocycles. The van der Waals surface area contributed by atoms with Gasteiger partial charge in [-0.2, -0.15) is 4.31 Å². The van der Waals surface area contributed by atoms with Gasteiger partial charge < -0.3 is 4.74 Å². The van der Waals surface area contributed by atoms with Crippen LogP contribution < -0.4 is 4.74 Å². The van der Waals surface area contributed by atoms with Crippen molar-refractivity contribution in [3.05, 3.63) is 21.6 Å². The summed E-state index contributed by atoms with van der Waals surface area (Å²) >= 11 is 9.33. The van der Waals surface area contributed by atoms with Crippen molar-refractivity contribution in [1.29, 1.82) is 0 Å². The number of sulfonamides is 1. The molecule has 0 bridgehead atoms. The van der Waals surface area contributed by atoms with E-state index in [-0.39, 0.29) is 4.90 Å². The monoisotopic (exact) mass is 393 g/mol. The summed E-state index contributed by atoms with van der Waals surface area (Å²) in [6, 6.07) is 3.10. The Morgan fingerprint density at radius 2 is 1.90 bits per heavy atom. The molecule has 1 saturated carbocycles. The van der Waals surface area contributed by atoms with Crippen molar-refractivity contribution in [1.82, 2.24) is 4.31 Å². The van der Waals surface area contributed by atoms with Crippen LogP contribution in [0.5, 0.6) is 5.75 Å². The van der Waals surface area contributed by atoms with E-state index in [1.165, 1.54) is 19.6 Å². The van der Waals surface area contributed by atoms with Crippen molar-refractivity contribution in [2.75, 3.05) is 20.2 Å². The first kappa shape index (κ1) is 15.6. The summed E-state index contributed by atoms with van der Waals surface area (Å²) in [6.07, 6.45) is 3.48. The molecule has 4 nitrogen and oxygen atoms in total. The van der Waals surface area contributed by atoms with Crippen LogP contribution in [0.15, 0.2) is 21.5 Å². The van der Waals surface area contributed by atoms with Gasteiger partial charge >= 0.3 is 0 Å². The summed E-state index contributed by atoms with van der Waals surface area (Å²) in [5, 5.41) is 0.376. The molecular formula is C14H17BrClNO3S. The second kappa shape index (κ2) is 5.72. The van der Waals surface area contributed by atoms with Gasteiger partial charge in [-0.25, -0.2) is 8.42 Å². The molecule has 0 radical (unpaired) electrons. The van der Waals surface area contributed by atoms with Crippen molar-refractivity contribution in [3.63, 3.8) is 0 Å². The number of halogens is 2. The van der Waals surface area contributed by atoms with Gasteiger partial charge in [-0.3, -0.25) is 0 Å². The van der Waals surface area contributed by atoms with E-state index in [2.05, 4.69) is 15.9 Å². The highest BCUT2D eigenvalue weighted by molar-refractivity contribution is 9.10. The summed E-state index contributed by atoms with van der Waals surface area (Å²) < 4.78 is 33.2. The van der Waals surface area contributed by atoms with E-state index in [0.29, 0.717) is 40.2 Å². The molecule has 0 N–H and O–H groups in total. The SMILES string of the molecule is COc1c(Br)cc(Cl)cc1S(=O)(=O)N1C[C@@H]2CCC[C@H]2C1. The molecule has 0 amide bonds. The van der Waals surface area contributed by atoms with Crippen LogP contribution >= 0.6 is 27.5 Å². The zero-order valence-electron chi connectivity index (χ0n) is 11.7. The van der Waals surface area contributed by atoms with Crippen LogP contribution in [0.3, 0.4) is 0 Å². The predicted octanol–water partition coefficient (Wildman–Crippen LogP) is 3.53. The minimum absolute atomic E-state index is 0.143. The Labute approximate surface area is 138 Å². The Balaban J connectivity index is 1.99. The molecule has 0 spiro atoms. The molecule has 2 aliphatic rings. The van der Waals surface area contributed by atoms with Crippen molar-refractivity contribution >= 4 is 37.6 Å². The van der Waals surface area contributed by atoms with Crippen LogP contribution in [0, 0.1) is 11.8 Å². The van der Waals surface area contributed by atoms with Gasteiger partial charge in [0, 0.05) is 18.1 Å². The van der Waals surface area contributed by atoms with Gasteiger partial charge in [0.25, 0.3) is 0 Å². The average molecular weight is 395 g/mol. The van der Waals surface area contributed by atoms with E-state index in [0.717, 1.165) is 12.8 Å². The number of hydrogen-bond acceptors (Lipinski definition) is 3. The molecule has 2 fully saturated rings. The van der Waals surface area contributed by atoms with Crippen molar-refractivity contribution < 1.29 is 13.2 Å². The first-order valence-electron chi connectivity index (χ1n) is 6.96. The van der Waals surface area contributed by atoms with E-state index in [9.17, 15) is 8.42 Å². The van der Waals surface area contributed by atoms with Crippen LogP contribution in [0.25, 0.3) is 0 Å². The molecule has 7 heteroatoms. The first-order valence-corrected chi connectivity index (χ1v) is 9.57. The van der Waals surface area contributed by atoms with E-state index in [1.807, 2.05) is 0 Å². The second-order valence-corrected chi connectivity index (χ2v) is 8.89. The van der Waals surface area contributed by atoms with Crippen LogP contribution in [-0.2, 0) is 10.0 Å². The average Bonchev–Trinajstić information content (AvgIpc) is 2.98. The molecular weight excluding hydrogens is 378 g/mol. The van der Waals surface area contributed by atoms with Crippen LogP contribution in [0.1, 0.15) is 19.3 Å². The number of benzene rings is 1. The normalized spacial score (nSPS) is 26.0. The maximum absolute atomic E-state index is 12.9. The lowest BCUT2D eigenvalue weighted by Gasteiger charge is -2.20. The van der Waals surface area contributed by atoms with Gasteiger partial charge in [-0.05, 0) is 52.7 Å². The minimum Gasteiger partial charge on any atom is -0.494 e. The summed E-state index contributed by atoms with van der Waals surface area (Å²) in [4.78, 5) is 0.143. The second-order valence-electron chi connectivity index (χ2n) is 5.69. The number of hydrogen-bond donors (Lipinski definition) is 0. The van der Waals surface area contributed by atoms with Crippen LogP contribution in [0.2, 0.25) is 5.02 Å². The van der Waals surface area contributed by atoms with Gasteiger partial charge in [0.15, 0.2) is 5.75 Å². The molecule has 1 heterocycles. The Bertz CT molecular complexity index is 652. The van der Waals surface area contributed by atoms with Crippen LogP contribution in [-0.4, -0.2) is 32.9 Å². The van der Waals surface area contributed by atoms with E-state index < -0.39 is 10.0 Å². The van der Waals surface area contributed by atoms with Gasteiger partial charge in [-0.15, -0.1) is 0 Å². The molecule has 3 rings (SSSR count). The standard InChI is InChI=1S/C14H17BrClNO3S/c1-20-14-12(15)5-11(16)6-13(14)21(18,19)17-7-9-3-2-4-10(9)8-17/h5-6,9-10H,2-4,7-8H2,1H3/t9-,10-/m0/s1. The van der Waals surface area contributed by atoms with E-state index in [1.54, 1.807) is 10.4 Å². The molecule has 1 aliphatic carbocycles. The van der Waals surface area contributed by atoms with E-state index in [4.69, 9.17) is 16.3 Å². The fourth-order valence-corrected chi connectivity index (χ4v) is 6.38. The highest BCUT2D eigenvalue weighted by atomic mass is 79.9. The zero-order valence-corrected chi connectivity index (χ0v) is 14.8. The molecule has 0 unspecified atom stereocenters. The Morgan fingerprint density at radius 3 is 2.48 bits per heavy atom. The fraction of sp³-hybridized carbons (Fsp3) is 0.571. The highest BCUT2D eigenvalue weighted by Crippen LogP contribution is 2.42. The molecule has 21 heavy (non-hydrogen) atoms. The van der Waals surface area contributed by atoms with Gasteiger partial charge in [0.05, 0.1) is 11.6 Å². The van der Waals surface area contributed by atoms with Gasteiger partial charge in [0.2, 0.25) is 10.0 Å². The molecule has 116 valence electrons. The number of fused-ring (bicyclic) bond motifs is 1. The summed E-state index contributed by atoms with van der Waals surface area (Å²) in [5.74, 6) is 1.33. The lowest BCUT2D eigenvalue weighted by Crippen LogP contribution is -2.30. The number of methoxy groups -OCH3 is 1. The lowest BCUT2D eigenvalue weighted by molar-refractivity contribution is 0.393. The summed E-state index contributed by atoms with van der Waals surface area (Å²) in [6.45, 7) is 1.22. The minimum atomic E-state index is -3.57. The lowest BCUT2D eigenvalue weighted by atomic mass is 10.0. The first-order chi connectivity index (χ1) is 9.93.